The molecule has 1 heterocycles. The molecular formula is C12H17Cl2F3N2. The lowest BCUT2D eigenvalue weighted by molar-refractivity contribution is -0.137. The first kappa shape index (κ1) is 18.4. The summed E-state index contributed by atoms with van der Waals surface area (Å²) >= 11 is 0. The van der Waals surface area contributed by atoms with Gasteiger partial charge in [-0.2, -0.15) is 13.2 Å². The Kier molecular flexibility index (Phi) is 6.97. The number of nitrogens with zero attached hydrogens (tertiary/aromatic N) is 1. The van der Waals surface area contributed by atoms with E-state index in [0.717, 1.165) is 25.7 Å². The second kappa shape index (κ2) is 7.22. The number of alkyl halides is 3. The van der Waals surface area contributed by atoms with Crippen LogP contribution in [0.5, 0.6) is 0 Å². The van der Waals surface area contributed by atoms with Crippen LogP contribution >= 0.6 is 24.8 Å². The first-order chi connectivity index (χ1) is 7.98. The largest absolute Gasteiger partial charge is 0.416 e. The lowest BCUT2D eigenvalue weighted by Crippen LogP contribution is -2.49. The van der Waals surface area contributed by atoms with Crippen molar-refractivity contribution in [1.82, 2.24) is 5.32 Å². The number of halogens is 5. The van der Waals surface area contributed by atoms with E-state index in [1.807, 2.05) is 11.8 Å². The maximum atomic E-state index is 12.6. The molecule has 19 heavy (non-hydrogen) atoms. The molecule has 1 aliphatic rings. The van der Waals surface area contributed by atoms with Gasteiger partial charge in [0, 0.05) is 31.4 Å². The van der Waals surface area contributed by atoms with Gasteiger partial charge in [-0.05, 0) is 25.1 Å². The second-order valence-electron chi connectivity index (χ2n) is 4.29. The Bertz CT molecular complexity index is 399. The third-order valence-electron chi connectivity index (χ3n) is 3.01. The third kappa shape index (κ3) is 4.44. The molecule has 2 nitrogen and oxygen atoms in total. The van der Waals surface area contributed by atoms with Gasteiger partial charge in [0.05, 0.1) is 5.56 Å². The van der Waals surface area contributed by atoms with Crippen LogP contribution < -0.4 is 10.2 Å². The van der Waals surface area contributed by atoms with Crippen molar-refractivity contribution in [1.29, 1.82) is 0 Å². The normalized spacial score (nSPS) is 19.4. The zero-order valence-corrected chi connectivity index (χ0v) is 12.0. The van der Waals surface area contributed by atoms with E-state index in [9.17, 15) is 13.2 Å². The molecule has 7 heteroatoms. The quantitative estimate of drug-likeness (QED) is 0.854. The smallest absolute Gasteiger partial charge is 0.366 e. The minimum absolute atomic E-state index is 0. The molecule has 1 aliphatic heterocycles. The van der Waals surface area contributed by atoms with Crippen LogP contribution in [0.25, 0.3) is 0 Å². The molecule has 110 valence electrons. The number of anilines is 1. The highest BCUT2D eigenvalue weighted by molar-refractivity contribution is 5.85. The number of hydrogen-bond donors (Lipinski definition) is 1. The molecule has 1 fully saturated rings. The molecule has 1 aromatic carbocycles. The van der Waals surface area contributed by atoms with Crippen molar-refractivity contribution in [3.63, 3.8) is 0 Å². The Labute approximate surface area is 123 Å². The van der Waals surface area contributed by atoms with Crippen molar-refractivity contribution < 1.29 is 13.2 Å². The van der Waals surface area contributed by atoms with Crippen molar-refractivity contribution in [2.24, 2.45) is 0 Å². The minimum Gasteiger partial charge on any atom is -0.366 e. The van der Waals surface area contributed by atoms with Gasteiger partial charge in [0.1, 0.15) is 0 Å². The van der Waals surface area contributed by atoms with Crippen LogP contribution in [0, 0.1) is 0 Å². The van der Waals surface area contributed by atoms with Crippen LogP contribution in [-0.4, -0.2) is 25.7 Å². The average molecular weight is 317 g/mol. The summed E-state index contributed by atoms with van der Waals surface area (Å²) in [4.78, 5) is 2.01. The molecule has 0 saturated carbocycles. The van der Waals surface area contributed by atoms with Gasteiger partial charge >= 0.3 is 6.18 Å². The van der Waals surface area contributed by atoms with E-state index in [-0.39, 0.29) is 30.9 Å². The lowest BCUT2D eigenvalue weighted by Gasteiger charge is -2.36. The standard InChI is InChI=1S/C12H15F3N2.2ClH/c1-9-8-16-5-6-17(9)11-4-2-3-10(7-11)12(13,14)15;;/h2-4,7,9,16H,5-6,8H2,1H3;2*1H. The Morgan fingerprint density at radius 2 is 1.95 bits per heavy atom. The van der Waals surface area contributed by atoms with Crippen molar-refractivity contribution in [3.05, 3.63) is 29.8 Å². The summed E-state index contributed by atoms with van der Waals surface area (Å²) in [5.41, 5.74) is 0.0644. The van der Waals surface area contributed by atoms with Gasteiger partial charge in [-0.3, -0.25) is 0 Å². The fourth-order valence-corrected chi connectivity index (χ4v) is 2.09. The van der Waals surface area contributed by atoms with Crippen LogP contribution in [0.2, 0.25) is 0 Å². The molecule has 0 bridgehead atoms. The highest BCUT2D eigenvalue weighted by atomic mass is 35.5. The highest BCUT2D eigenvalue weighted by Gasteiger charge is 2.31. The molecule has 0 aliphatic carbocycles. The number of benzene rings is 1. The van der Waals surface area contributed by atoms with Gasteiger partial charge in [-0.25, -0.2) is 0 Å². The van der Waals surface area contributed by atoms with Gasteiger partial charge in [0.25, 0.3) is 0 Å². The Hall–Kier alpha value is -0.650. The first-order valence-electron chi connectivity index (χ1n) is 5.63. The van der Waals surface area contributed by atoms with Gasteiger partial charge < -0.3 is 10.2 Å². The summed E-state index contributed by atoms with van der Waals surface area (Å²) in [5.74, 6) is 0. The number of hydrogen-bond acceptors (Lipinski definition) is 2. The van der Waals surface area contributed by atoms with E-state index in [1.54, 1.807) is 6.07 Å². The topological polar surface area (TPSA) is 15.3 Å². The van der Waals surface area contributed by atoms with E-state index in [1.165, 1.54) is 12.1 Å². The third-order valence-corrected chi connectivity index (χ3v) is 3.01. The molecule has 1 aromatic rings. The van der Waals surface area contributed by atoms with Gasteiger partial charge in [0.15, 0.2) is 0 Å². The maximum Gasteiger partial charge on any atom is 0.416 e. The van der Waals surface area contributed by atoms with Gasteiger partial charge in [-0.15, -0.1) is 24.8 Å². The van der Waals surface area contributed by atoms with Crippen LogP contribution in [0.4, 0.5) is 18.9 Å². The van der Waals surface area contributed by atoms with E-state index in [0.29, 0.717) is 5.69 Å². The Balaban J connectivity index is 0.00000162. The highest BCUT2D eigenvalue weighted by Crippen LogP contribution is 2.32. The maximum absolute atomic E-state index is 12.6. The molecule has 1 saturated heterocycles. The predicted molar refractivity (Wildman–Crippen MR) is 75.6 cm³/mol. The molecule has 2 rings (SSSR count). The lowest BCUT2D eigenvalue weighted by atomic mass is 10.1. The molecule has 0 radical (unpaired) electrons. The fraction of sp³-hybridized carbons (Fsp3) is 0.500. The fourth-order valence-electron chi connectivity index (χ4n) is 2.09. The average Bonchev–Trinajstić information content (AvgIpc) is 2.29. The van der Waals surface area contributed by atoms with E-state index < -0.39 is 11.7 Å². The molecule has 0 aromatic heterocycles. The van der Waals surface area contributed by atoms with Crippen molar-refractivity contribution >= 4 is 30.5 Å². The Morgan fingerprint density at radius 1 is 1.26 bits per heavy atom. The number of nitrogens with one attached hydrogen (secondary N) is 1. The Morgan fingerprint density at radius 3 is 2.53 bits per heavy atom. The van der Waals surface area contributed by atoms with Crippen molar-refractivity contribution in [3.8, 4) is 0 Å². The van der Waals surface area contributed by atoms with Crippen LogP contribution in [0.1, 0.15) is 12.5 Å². The monoisotopic (exact) mass is 316 g/mol. The van der Waals surface area contributed by atoms with Crippen LogP contribution in [-0.2, 0) is 6.18 Å². The van der Waals surface area contributed by atoms with Gasteiger partial charge in [0.2, 0.25) is 0 Å². The van der Waals surface area contributed by atoms with E-state index in [2.05, 4.69) is 5.32 Å². The van der Waals surface area contributed by atoms with E-state index >= 15 is 0 Å². The zero-order valence-electron chi connectivity index (χ0n) is 10.4. The van der Waals surface area contributed by atoms with Crippen LogP contribution in [0.3, 0.4) is 0 Å². The molecular weight excluding hydrogens is 300 g/mol. The first-order valence-corrected chi connectivity index (χ1v) is 5.63. The molecule has 1 N–H and O–H groups in total. The molecule has 0 amide bonds. The van der Waals surface area contributed by atoms with Crippen LogP contribution in [0.15, 0.2) is 24.3 Å². The van der Waals surface area contributed by atoms with E-state index in [4.69, 9.17) is 0 Å². The molecule has 1 unspecified atom stereocenters. The summed E-state index contributed by atoms with van der Waals surface area (Å²) in [6.07, 6.45) is -4.27. The zero-order chi connectivity index (χ0) is 12.5. The summed E-state index contributed by atoms with van der Waals surface area (Å²) in [5, 5.41) is 3.22. The summed E-state index contributed by atoms with van der Waals surface area (Å²) < 4.78 is 37.8. The predicted octanol–water partition coefficient (Wildman–Crippen LogP) is 3.35. The van der Waals surface area contributed by atoms with Crippen molar-refractivity contribution in [2.75, 3.05) is 24.5 Å². The minimum atomic E-state index is -4.27. The summed E-state index contributed by atoms with van der Waals surface area (Å²) in [6.45, 7) is 4.35. The molecule has 1 atom stereocenters. The molecule has 0 spiro atoms. The SMILES string of the molecule is CC1CNCCN1c1cccc(C(F)(F)F)c1.Cl.Cl. The summed E-state index contributed by atoms with van der Waals surface area (Å²) in [6, 6.07) is 5.74. The number of rotatable bonds is 1. The summed E-state index contributed by atoms with van der Waals surface area (Å²) in [7, 11) is 0. The van der Waals surface area contributed by atoms with Gasteiger partial charge in [-0.1, -0.05) is 6.07 Å². The van der Waals surface area contributed by atoms with Crippen molar-refractivity contribution in [2.45, 2.75) is 19.1 Å². The number of piperazine rings is 1. The second-order valence-corrected chi connectivity index (χ2v) is 4.29.